The molecule has 108 valence electrons. The van der Waals surface area contributed by atoms with Crippen LogP contribution in [-0.4, -0.2) is 43.5 Å². The fraction of sp³-hybridized carbons (Fsp3) is 0.467. The first-order chi connectivity index (χ1) is 9.69. The van der Waals surface area contributed by atoms with Crippen molar-refractivity contribution in [2.45, 2.75) is 19.3 Å². The standard InChI is InChI=1S/C15H20N2O3/c1-20-15(19)12-5-7-13(8-6-12)16-14(18)11-17-9-3-2-4-10-17/h5-8H,2-4,9-11H2,1H3,(H,16,18). The van der Waals surface area contributed by atoms with E-state index in [9.17, 15) is 9.59 Å². The number of anilines is 1. The Morgan fingerprint density at radius 3 is 2.40 bits per heavy atom. The monoisotopic (exact) mass is 276 g/mol. The number of piperidine rings is 1. The van der Waals surface area contributed by atoms with Crippen LogP contribution in [-0.2, 0) is 9.53 Å². The number of nitrogens with one attached hydrogen (secondary N) is 1. The fourth-order valence-corrected chi connectivity index (χ4v) is 2.33. The molecule has 0 aromatic heterocycles. The molecule has 2 rings (SSSR count). The Kier molecular flexibility index (Phi) is 5.12. The molecule has 1 aliphatic heterocycles. The van der Waals surface area contributed by atoms with E-state index in [1.165, 1.54) is 26.4 Å². The van der Waals surface area contributed by atoms with Crippen LogP contribution < -0.4 is 5.32 Å². The van der Waals surface area contributed by atoms with Gasteiger partial charge < -0.3 is 10.1 Å². The zero-order valence-corrected chi connectivity index (χ0v) is 11.7. The van der Waals surface area contributed by atoms with Gasteiger partial charge in [-0.1, -0.05) is 6.42 Å². The van der Waals surface area contributed by atoms with E-state index in [0.717, 1.165) is 13.1 Å². The molecular formula is C15H20N2O3. The Morgan fingerprint density at radius 1 is 1.15 bits per heavy atom. The minimum atomic E-state index is -0.379. The van der Waals surface area contributed by atoms with Crippen LogP contribution >= 0.6 is 0 Å². The lowest BCUT2D eigenvalue weighted by molar-refractivity contribution is -0.117. The summed E-state index contributed by atoms with van der Waals surface area (Å²) in [5, 5.41) is 2.84. The van der Waals surface area contributed by atoms with Crippen LogP contribution in [0.1, 0.15) is 29.6 Å². The number of likely N-dealkylation sites (tertiary alicyclic amines) is 1. The Morgan fingerprint density at radius 2 is 1.80 bits per heavy atom. The van der Waals surface area contributed by atoms with Crippen molar-refractivity contribution < 1.29 is 14.3 Å². The Labute approximate surface area is 118 Å². The lowest BCUT2D eigenvalue weighted by atomic mass is 10.1. The van der Waals surface area contributed by atoms with Crippen molar-refractivity contribution >= 4 is 17.6 Å². The number of methoxy groups -OCH3 is 1. The van der Waals surface area contributed by atoms with Crippen LogP contribution in [0.25, 0.3) is 0 Å². The van der Waals surface area contributed by atoms with Gasteiger partial charge in [0.1, 0.15) is 0 Å². The summed E-state index contributed by atoms with van der Waals surface area (Å²) in [6.45, 7) is 2.42. The molecule has 0 atom stereocenters. The maximum Gasteiger partial charge on any atom is 0.337 e. The van der Waals surface area contributed by atoms with Crippen molar-refractivity contribution in [3.05, 3.63) is 29.8 Å². The van der Waals surface area contributed by atoms with Gasteiger partial charge in [0, 0.05) is 5.69 Å². The minimum Gasteiger partial charge on any atom is -0.465 e. The highest BCUT2D eigenvalue weighted by Gasteiger charge is 2.14. The van der Waals surface area contributed by atoms with E-state index in [2.05, 4.69) is 15.0 Å². The number of nitrogens with zero attached hydrogens (tertiary/aromatic N) is 1. The van der Waals surface area contributed by atoms with E-state index >= 15 is 0 Å². The summed E-state index contributed by atoms with van der Waals surface area (Å²) in [6.07, 6.45) is 3.59. The van der Waals surface area contributed by atoms with E-state index in [4.69, 9.17) is 0 Å². The van der Waals surface area contributed by atoms with Crippen LogP contribution in [0.5, 0.6) is 0 Å². The maximum atomic E-state index is 11.9. The van der Waals surface area contributed by atoms with Crippen molar-refractivity contribution in [3.63, 3.8) is 0 Å². The normalized spacial score (nSPS) is 15.7. The molecule has 0 radical (unpaired) electrons. The Balaban J connectivity index is 1.85. The number of esters is 1. The summed E-state index contributed by atoms with van der Waals surface area (Å²) in [5.74, 6) is -0.395. The van der Waals surface area contributed by atoms with Gasteiger partial charge in [0.25, 0.3) is 0 Å². The lowest BCUT2D eigenvalue weighted by Gasteiger charge is -2.25. The molecule has 1 N–H and O–H groups in total. The van der Waals surface area contributed by atoms with Gasteiger partial charge in [-0.05, 0) is 50.2 Å². The molecule has 0 spiro atoms. The number of benzene rings is 1. The zero-order valence-electron chi connectivity index (χ0n) is 11.7. The predicted octanol–water partition coefficient (Wildman–Crippen LogP) is 1.90. The first-order valence-electron chi connectivity index (χ1n) is 6.89. The number of hydrogen-bond acceptors (Lipinski definition) is 4. The van der Waals surface area contributed by atoms with Gasteiger partial charge >= 0.3 is 5.97 Å². The van der Waals surface area contributed by atoms with E-state index in [-0.39, 0.29) is 11.9 Å². The molecule has 1 aromatic rings. The average Bonchev–Trinajstić information content (AvgIpc) is 2.48. The zero-order chi connectivity index (χ0) is 14.4. The van der Waals surface area contributed by atoms with E-state index in [1.54, 1.807) is 24.3 Å². The van der Waals surface area contributed by atoms with E-state index < -0.39 is 0 Å². The molecule has 5 heteroatoms. The quantitative estimate of drug-likeness (QED) is 0.853. The summed E-state index contributed by atoms with van der Waals surface area (Å²) in [4.78, 5) is 25.4. The Bertz CT molecular complexity index is 465. The summed E-state index contributed by atoms with van der Waals surface area (Å²) in [6, 6.07) is 6.70. The number of amides is 1. The second kappa shape index (κ2) is 7.05. The smallest absolute Gasteiger partial charge is 0.337 e. The average molecular weight is 276 g/mol. The topological polar surface area (TPSA) is 58.6 Å². The second-order valence-electron chi connectivity index (χ2n) is 4.95. The lowest BCUT2D eigenvalue weighted by Crippen LogP contribution is -2.36. The van der Waals surface area contributed by atoms with Crippen LogP contribution in [0.3, 0.4) is 0 Å². The largest absolute Gasteiger partial charge is 0.465 e. The molecule has 1 heterocycles. The predicted molar refractivity (Wildman–Crippen MR) is 76.7 cm³/mol. The number of rotatable bonds is 4. The number of carbonyl (C=O) groups excluding carboxylic acids is 2. The summed E-state index contributed by atoms with van der Waals surface area (Å²) >= 11 is 0. The summed E-state index contributed by atoms with van der Waals surface area (Å²) < 4.78 is 4.62. The Hall–Kier alpha value is -1.88. The molecule has 1 amide bonds. The number of hydrogen-bond donors (Lipinski definition) is 1. The first kappa shape index (κ1) is 14.5. The van der Waals surface area contributed by atoms with Crippen LogP contribution in [0.15, 0.2) is 24.3 Å². The molecule has 1 aliphatic rings. The van der Waals surface area contributed by atoms with Gasteiger partial charge in [-0.15, -0.1) is 0 Å². The first-order valence-corrected chi connectivity index (χ1v) is 6.89. The van der Waals surface area contributed by atoms with Crippen molar-refractivity contribution in [3.8, 4) is 0 Å². The van der Waals surface area contributed by atoms with Crippen molar-refractivity contribution in [1.29, 1.82) is 0 Å². The van der Waals surface area contributed by atoms with Crippen molar-refractivity contribution in [2.75, 3.05) is 32.1 Å². The van der Waals surface area contributed by atoms with Gasteiger partial charge in [-0.25, -0.2) is 4.79 Å². The molecule has 20 heavy (non-hydrogen) atoms. The highest BCUT2D eigenvalue weighted by atomic mass is 16.5. The number of ether oxygens (including phenoxy) is 1. The second-order valence-corrected chi connectivity index (χ2v) is 4.95. The van der Waals surface area contributed by atoms with Gasteiger partial charge in [-0.3, -0.25) is 9.69 Å². The highest BCUT2D eigenvalue weighted by molar-refractivity contribution is 5.93. The fourth-order valence-electron chi connectivity index (χ4n) is 2.33. The molecule has 0 aliphatic carbocycles. The van der Waals surface area contributed by atoms with Crippen LogP contribution in [0.4, 0.5) is 5.69 Å². The van der Waals surface area contributed by atoms with Crippen LogP contribution in [0, 0.1) is 0 Å². The molecule has 5 nitrogen and oxygen atoms in total. The SMILES string of the molecule is COC(=O)c1ccc(NC(=O)CN2CCCCC2)cc1. The summed E-state index contributed by atoms with van der Waals surface area (Å²) in [5.41, 5.74) is 1.17. The van der Waals surface area contributed by atoms with Gasteiger partial charge in [0.15, 0.2) is 0 Å². The molecule has 1 saturated heterocycles. The van der Waals surface area contributed by atoms with Gasteiger partial charge in [0.05, 0.1) is 19.2 Å². The maximum absolute atomic E-state index is 11.9. The molecule has 0 bridgehead atoms. The number of carbonyl (C=O) groups is 2. The van der Waals surface area contributed by atoms with E-state index in [1.807, 2.05) is 0 Å². The minimum absolute atomic E-state index is 0.0160. The van der Waals surface area contributed by atoms with Gasteiger partial charge in [-0.2, -0.15) is 0 Å². The van der Waals surface area contributed by atoms with Crippen molar-refractivity contribution in [2.24, 2.45) is 0 Å². The molecular weight excluding hydrogens is 256 g/mol. The molecule has 1 aromatic carbocycles. The van der Waals surface area contributed by atoms with E-state index in [0.29, 0.717) is 17.8 Å². The molecule has 0 saturated carbocycles. The molecule has 0 unspecified atom stereocenters. The van der Waals surface area contributed by atoms with Gasteiger partial charge in [0.2, 0.25) is 5.91 Å². The third-order valence-electron chi connectivity index (χ3n) is 3.41. The highest BCUT2D eigenvalue weighted by Crippen LogP contribution is 2.12. The van der Waals surface area contributed by atoms with Crippen molar-refractivity contribution in [1.82, 2.24) is 4.90 Å². The molecule has 1 fully saturated rings. The third kappa shape index (κ3) is 4.06. The third-order valence-corrected chi connectivity index (χ3v) is 3.41. The summed E-state index contributed by atoms with van der Waals surface area (Å²) in [7, 11) is 1.34. The van der Waals surface area contributed by atoms with Crippen LogP contribution in [0.2, 0.25) is 0 Å².